The Morgan fingerprint density at radius 1 is 1.06 bits per heavy atom. The molecule has 1 rings (SSSR count). The van der Waals surface area contributed by atoms with Crippen LogP contribution < -0.4 is 10.5 Å². The standard InChI is InChI=1S/C12H18F3NSi/c1-17(2,3)11-6-4-10(5-7-11)8-16-9-12(13,14)15/h4-7,16H,8-9H2,1-3H3. The molecule has 96 valence electrons. The molecule has 0 heterocycles. The number of hydrogen-bond donors (Lipinski definition) is 1. The lowest BCUT2D eigenvalue weighted by molar-refractivity contribution is -0.125. The monoisotopic (exact) mass is 261 g/mol. The lowest BCUT2D eigenvalue weighted by Crippen LogP contribution is -2.37. The molecule has 1 N–H and O–H groups in total. The quantitative estimate of drug-likeness (QED) is 0.822. The fourth-order valence-corrected chi connectivity index (χ4v) is 2.64. The van der Waals surface area contributed by atoms with E-state index in [-0.39, 0.29) is 6.54 Å². The minimum atomic E-state index is -4.14. The van der Waals surface area contributed by atoms with Gasteiger partial charge in [-0.2, -0.15) is 13.2 Å². The molecule has 0 bridgehead atoms. The third-order valence-electron chi connectivity index (χ3n) is 2.47. The predicted octanol–water partition coefficient (Wildman–Crippen LogP) is 2.88. The summed E-state index contributed by atoms with van der Waals surface area (Å²) in [5.41, 5.74) is 0.885. The molecule has 0 spiro atoms. The van der Waals surface area contributed by atoms with Crippen LogP contribution >= 0.6 is 0 Å². The Hall–Kier alpha value is -0.813. The summed E-state index contributed by atoms with van der Waals surface area (Å²) in [5, 5.41) is 3.70. The van der Waals surface area contributed by atoms with E-state index >= 15 is 0 Å². The number of benzene rings is 1. The van der Waals surface area contributed by atoms with Gasteiger partial charge in [0.15, 0.2) is 0 Å². The third-order valence-corrected chi connectivity index (χ3v) is 4.54. The summed E-state index contributed by atoms with van der Waals surface area (Å²) in [6.45, 7) is 6.03. The number of halogens is 3. The molecule has 0 radical (unpaired) electrons. The van der Waals surface area contributed by atoms with Gasteiger partial charge in [0.2, 0.25) is 0 Å². The highest BCUT2D eigenvalue weighted by molar-refractivity contribution is 6.88. The smallest absolute Gasteiger partial charge is 0.305 e. The molecule has 5 heteroatoms. The van der Waals surface area contributed by atoms with Gasteiger partial charge in [0.25, 0.3) is 0 Å². The van der Waals surface area contributed by atoms with Crippen LogP contribution in [0.4, 0.5) is 13.2 Å². The fourth-order valence-electron chi connectivity index (χ4n) is 1.47. The van der Waals surface area contributed by atoms with Crippen LogP contribution in [0.3, 0.4) is 0 Å². The molecule has 0 fully saturated rings. The van der Waals surface area contributed by atoms with Gasteiger partial charge in [-0.1, -0.05) is 49.1 Å². The highest BCUT2D eigenvalue weighted by atomic mass is 28.3. The maximum atomic E-state index is 11.9. The van der Waals surface area contributed by atoms with Crippen molar-refractivity contribution >= 4 is 13.3 Å². The average molecular weight is 261 g/mol. The van der Waals surface area contributed by atoms with Crippen LogP contribution in [0.2, 0.25) is 19.6 Å². The van der Waals surface area contributed by atoms with Gasteiger partial charge < -0.3 is 5.32 Å². The Balaban J connectivity index is 2.52. The second-order valence-electron chi connectivity index (χ2n) is 5.17. The molecule has 0 aliphatic carbocycles. The van der Waals surface area contributed by atoms with Gasteiger partial charge in [0.05, 0.1) is 14.6 Å². The predicted molar refractivity (Wildman–Crippen MR) is 67.2 cm³/mol. The first kappa shape index (κ1) is 14.2. The van der Waals surface area contributed by atoms with E-state index in [0.29, 0.717) is 0 Å². The first-order chi connectivity index (χ1) is 7.68. The van der Waals surface area contributed by atoms with Crippen molar-refractivity contribution < 1.29 is 13.2 Å². The van der Waals surface area contributed by atoms with E-state index in [9.17, 15) is 13.2 Å². The SMILES string of the molecule is C[Si](C)(C)c1ccc(CNCC(F)(F)F)cc1. The van der Waals surface area contributed by atoms with E-state index in [2.05, 4.69) is 25.0 Å². The summed E-state index contributed by atoms with van der Waals surface area (Å²) in [5.74, 6) is 0. The number of nitrogens with one attached hydrogen (secondary N) is 1. The van der Waals surface area contributed by atoms with E-state index in [1.807, 2.05) is 24.3 Å². The zero-order valence-electron chi connectivity index (χ0n) is 10.4. The topological polar surface area (TPSA) is 12.0 Å². The summed E-state index contributed by atoms with van der Waals surface area (Å²) in [6, 6.07) is 7.85. The summed E-state index contributed by atoms with van der Waals surface area (Å²) in [4.78, 5) is 0. The zero-order chi connectivity index (χ0) is 13.1. The second-order valence-corrected chi connectivity index (χ2v) is 10.2. The minimum absolute atomic E-state index is 0.255. The molecule has 0 aliphatic heterocycles. The van der Waals surface area contributed by atoms with Crippen molar-refractivity contribution in [2.75, 3.05) is 6.54 Å². The Morgan fingerprint density at radius 2 is 1.59 bits per heavy atom. The maximum Gasteiger partial charge on any atom is 0.401 e. The van der Waals surface area contributed by atoms with E-state index in [4.69, 9.17) is 0 Å². The molecule has 0 saturated carbocycles. The van der Waals surface area contributed by atoms with Crippen LogP contribution in [0.1, 0.15) is 5.56 Å². The van der Waals surface area contributed by atoms with Crippen molar-refractivity contribution in [3.63, 3.8) is 0 Å². The summed E-state index contributed by atoms with van der Waals surface area (Å²) in [6.07, 6.45) is -4.14. The molecule has 0 unspecified atom stereocenters. The van der Waals surface area contributed by atoms with E-state index in [1.165, 1.54) is 5.19 Å². The van der Waals surface area contributed by atoms with Gasteiger partial charge >= 0.3 is 6.18 Å². The lowest BCUT2D eigenvalue weighted by atomic mass is 10.2. The molecule has 1 aromatic carbocycles. The molecule has 1 aromatic rings. The molecule has 0 atom stereocenters. The van der Waals surface area contributed by atoms with Crippen LogP contribution in [0.5, 0.6) is 0 Å². The number of hydrogen-bond acceptors (Lipinski definition) is 1. The molecular weight excluding hydrogens is 243 g/mol. The average Bonchev–Trinajstić information content (AvgIpc) is 2.15. The normalized spacial score (nSPS) is 12.8. The highest BCUT2D eigenvalue weighted by Crippen LogP contribution is 2.12. The molecule has 0 aliphatic rings. The molecule has 1 nitrogen and oxygen atoms in total. The first-order valence-electron chi connectivity index (χ1n) is 5.55. The van der Waals surface area contributed by atoms with Crippen LogP contribution in [-0.4, -0.2) is 20.8 Å². The first-order valence-corrected chi connectivity index (χ1v) is 9.05. The van der Waals surface area contributed by atoms with Crippen LogP contribution in [0, 0.1) is 0 Å². The van der Waals surface area contributed by atoms with Crippen molar-refractivity contribution in [1.29, 1.82) is 0 Å². The maximum absolute atomic E-state index is 11.9. The van der Waals surface area contributed by atoms with Crippen molar-refractivity contribution in [2.45, 2.75) is 32.4 Å². The number of alkyl halides is 3. The van der Waals surface area contributed by atoms with Crippen LogP contribution in [0.15, 0.2) is 24.3 Å². The molecule has 0 aromatic heterocycles. The Labute approximate surface area is 101 Å². The van der Waals surface area contributed by atoms with Gasteiger partial charge in [-0.25, -0.2) is 0 Å². The van der Waals surface area contributed by atoms with Crippen molar-refractivity contribution in [3.05, 3.63) is 29.8 Å². The lowest BCUT2D eigenvalue weighted by Gasteiger charge is -2.17. The fraction of sp³-hybridized carbons (Fsp3) is 0.500. The molecule has 17 heavy (non-hydrogen) atoms. The van der Waals surface area contributed by atoms with Gasteiger partial charge in [0.1, 0.15) is 0 Å². The van der Waals surface area contributed by atoms with E-state index < -0.39 is 20.8 Å². The van der Waals surface area contributed by atoms with Gasteiger partial charge in [-0.3, -0.25) is 0 Å². The highest BCUT2D eigenvalue weighted by Gasteiger charge is 2.26. The summed E-state index contributed by atoms with van der Waals surface area (Å²) < 4.78 is 35.8. The molecule has 0 saturated heterocycles. The van der Waals surface area contributed by atoms with E-state index in [0.717, 1.165) is 5.56 Å². The van der Waals surface area contributed by atoms with Gasteiger partial charge in [-0.05, 0) is 5.56 Å². The summed E-state index contributed by atoms with van der Waals surface area (Å²) in [7, 11) is -1.32. The second kappa shape index (κ2) is 5.22. The summed E-state index contributed by atoms with van der Waals surface area (Å²) >= 11 is 0. The van der Waals surface area contributed by atoms with Crippen LogP contribution in [0.25, 0.3) is 0 Å². The van der Waals surface area contributed by atoms with Crippen LogP contribution in [-0.2, 0) is 6.54 Å². The third kappa shape index (κ3) is 5.36. The van der Waals surface area contributed by atoms with Gasteiger partial charge in [0, 0.05) is 6.54 Å². The van der Waals surface area contributed by atoms with Crippen molar-refractivity contribution in [3.8, 4) is 0 Å². The molecule has 0 amide bonds. The van der Waals surface area contributed by atoms with Crippen molar-refractivity contribution in [2.24, 2.45) is 0 Å². The van der Waals surface area contributed by atoms with Gasteiger partial charge in [-0.15, -0.1) is 0 Å². The zero-order valence-corrected chi connectivity index (χ0v) is 11.4. The minimum Gasteiger partial charge on any atom is -0.305 e. The van der Waals surface area contributed by atoms with Crippen molar-refractivity contribution in [1.82, 2.24) is 5.32 Å². The number of rotatable bonds is 4. The Morgan fingerprint density at radius 3 is 2.00 bits per heavy atom. The Kier molecular flexibility index (Phi) is 4.38. The van der Waals surface area contributed by atoms with E-state index in [1.54, 1.807) is 0 Å². The molecular formula is C12H18F3NSi. The Bertz CT molecular complexity index is 351. The largest absolute Gasteiger partial charge is 0.401 e.